The summed E-state index contributed by atoms with van der Waals surface area (Å²) in [5.41, 5.74) is 0.757. The van der Waals surface area contributed by atoms with E-state index in [0.29, 0.717) is 26.1 Å². The number of piperidine rings is 1. The minimum Gasteiger partial charge on any atom is -0.483 e. The number of pyridine rings is 1. The van der Waals surface area contributed by atoms with Crippen molar-refractivity contribution in [1.29, 1.82) is 0 Å². The predicted octanol–water partition coefficient (Wildman–Crippen LogP) is 0.232. The molecule has 168 valence electrons. The standard InChI is InChI=1S/C18H28N4O4S.CH2O2/c1-4-6-17(23)19-10-16-14-9-13(15-7-5-8-18(24)22(15)16)11-21(12-14)27(25,26)20(2)3;2-1-3/h5,7-8,13-14,16H,4,6,9-12H2,1-3H3,(H,19,23);1H,(H,2,3)/t13-,14+,16+;/m1./s1. The Labute approximate surface area is 176 Å². The van der Waals surface area contributed by atoms with Crippen LogP contribution in [-0.2, 0) is 19.8 Å². The van der Waals surface area contributed by atoms with Crippen LogP contribution in [0.2, 0.25) is 0 Å². The van der Waals surface area contributed by atoms with Crippen LogP contribution in [0.15, 0.2) is 23.0 Å². The van der Waals surface area contributed by atoms with Gasteiger partial charge in [0.2, 0.25) is 5.91 Å². The summed E-state index contributed by atoms with van der Waals surface area (Å²) in [6.45, 7) is 2.75. The van der Waals surface area contributed by atoms with Crippen LogP contribution in [0.4, 0.5) is 0 Å². The molecule has 1 saturated heterocycles. The molecule has 1 aromatic rings. The molecule has 3 rings (SSSR count). The number of carbonyl (C=O) groups is 2. The van der Waals surface area contributed by atoms with Crippen LogP contribution in [0.1, 0.15) is 43.8 Å². The summed E-state index contributed by atoms with van der Waals surface area (Å²) in [6.07, 6.45) is 2.02. The fourth-order valence-electron chi connectivity index (χ4n) is 4.22. The Balaban J connectivity index is 0.00000101. The second kappa shape index (κ2) is 10.2. The number of fused-ring (bicyclic) bond motifs is 4. The van der Waals surface area contributed by atoms with Gasteiger partial charge in [-0.2, -0.15) is 17.0 Å². The number of carbonyl (C=O) groups excluding carboxylic acids is 1. The quantitative estimate of drug-likeness (QED) is 0.607. The van der Waals surface area contributed by atoms with Crippen LogP contribution >= 0.6 is 0 Å². The van der Waals surface area contributed by atoms with E-state index in [-0.39, 0.29) is 35.8 Å². The number of nitrogens with zero attached hydrogens (tertiary/aromatic N) is 3. The molecule has 0 aliphatic carbocycles. The van der Waals surface area contributed by atoms with Crippen LogP contribution < -0.4 is 10.9 Å². The smallest absolute Gasteiger partial charge is 0.290 e. The molecule has 1 fully saturated rings. The van der Waals surface area contributed by atoms with Gasteiger partial charge in [-0.25, -0.2) is 0 Å². The van der Waals surface area contributed by atoms with Gasteiger partial charge in [0.05, 0.1) is 6.04 Å². The maximum atomic E-state index is 12.7. The Morgan fingerprint density at radius 1 is 1.33 bits per heavy atom. The minimum absolute atomic E-state index is 0.0185. The monoisotopic (exact) mass is 442 g/mol. The lowest BCUT2D eigenvalue weighted by Gasteiger charge is -2.46. The highest BCUT2D eigenvalue weighted by molar-refractivity contribution is 7.86. The first-order valence-electron chi connectivity index (χ1n) is 9.90. The lowest BCUT2D eigenvalue weighted by atomic mass is 9.79. The van der Waals surface area contributed by atoms with E-state index in [1.54, 1.807) is 10.6 Å². The highest BCUT2D eigenvalue weighted by atomic mass is 32.2. The summed E-state index contributed by atoms with van der Waals surface area (Å²) < 4.78 is 29.8. The van der Waals surface area contributed by atoms with Crippen LogP contribution in [-0.4, -0.2) is 72.8 Å². The van der Waals surface area contributed by atoms with E-state index in [2.05, 4.69) is 5.32 Å². The highest BCUT2D eigenvalue weighted by Gasteiger charge is 2.44. The van der Waals surface area contributed by atoms with E-state index in [1.165, 1.54) is 28.8 Å². The molecule has 2 aliphatic rings. The second-order valence-corrected chi connectivity index (χ2v) is 9.83. The normalized spacial score (nSPS) is 23.1. The molecule has 2 bridgehead atoms. The van der Waals surface area contributed by atoms with Crippen LogP contribution in [0, 0.1) is 5.92 Å². The number of rotatable bonds is 6. The van der Waals surface area contributed by atoms with Crippen LogP contribution in [0.25, 0.3) is 0 Å². The van der Waals surface area contributed by atoms with E-state index >= 15 is 0 Å². The van der Waals surface area contributed by atoms with Crippen molar-refractivity contribution >= 4 is 22.6 Å². The molecule has 3 heterocycles. The number of hydrogen-bond acceptors (Lipinski definition) is 5. The predicted molar refractivity (Wildman–Crippen MR) is 111 cm³/mol. The Morgan fingerprint density at radius 3 is 2.60 bits per heavy atom. The molecule has 0 aromatic carbocycles. The van der Waals surface area contributed by atoms with Crippen LogP contribution in [0.3, 0.4) is 0 Å². The van der Waals surface area contributed by atoms with Crippen molar-refractivity contribution in [3.8, 4) is 0 Å². The summed E-state index contributed by atoms with van der Waals surface area (Å²) in [5.74, 6) is -0.0818. The lowest BCUT2D eigenvalue weighted by Crippen LogP contribution is -2.54. The first-order chi connectivity index (χ1) is 14.2. The Hall–Kier alpha value is -2.24. The molecule has 2 aliphatic heterocycles. The van der Waals surface area contributed by atoms with E-state index in [9.17, 15) is 18.0 Å². The maximum absolute atomic E-state index is 12.7. The van der Waals surface area contributed by atoms with Crippen molar-refractivity contribution in [1.82, 2.24) is 18.5 Å². The molecule has 0 saturated carbocycles. The van der Waals surface area contributed by atoms with Gasteiger partial charge in [-0.15, -0.1) is 0 Å². The topological polar surface area (TPSA) is 129 Å². The van der Waals surface area contributed by atoms with Crippen molar-refractivity contribution in [3.05, 3.63) is 34.2 Å². The van der Waals surface area contributed by atoms with E-state index < -0.39 is 10.2 Å². The Morgan fingerprint density at radius 2 is 2.00 bits per heavy atom. The molecule has 11 heteroatoms. The number of hydrogen-bond donors (Lipinski definition) is 2. The van der Waals surface area contributed by atoms with Gasteiger partial charge in [-0.05, 0) is 24.8 Å². The van der Waals surface area contributed by atoms with Gasteiger partial charge in [-0.1, -0.05) is 13.0 Å². The Kier molecular flexibility index (Phi) is 8.16. The molecule has 3 atom stereocenters. The van der Waals surface area contributed by atoms with Gasteiger partial charge in [0.15, 0.2) is 0 Å². The third-order valence-corrected chi connectivity index (χ3v) is 7.41. The average molecular weight is 443 g/mol. The molecule has 0 spiro atoms. The molecule has 1 aromatic heterocycles. The lowest BCUT2D eigenvalue weighted by molar-refractivity contribution is -0.123. The molecular weight excluding hydrogens is 412 g/mol. The molecule has 30 heavy (non-hydrogen) atoms. The van der Waals surface area contributed by atoms with Gasteiger partial charge in [0.25, 0.3) is 22.2 Å². The zero-order valence-electron chi connectivity index (χ0n) is 17.5. The fraction of sp³-hybridized carbons (Fsp3) is 0.632. The van der Waals surface area contributed by atoms with Crippen molar-refractivity contribution in [2.75, 3.05) is 33.7 Å². The molecule has 0 unspecified atom stereocenters. The van der Waals surface area contributed by atoms with E-state index in [4.69, 9.17) is 9.90 Å². The number of amides is 1. The van der Waals surface area contributed by atoms with Crippen molar-refractivity contribution in [2.24, 2.45) is 5.92 Å². The third kappa shape index (κ3) is 5.08. The fourth-order valence-corrected chi connectivity index (χ4v) is 5.43. The third-order valence-electron chi connectivity index (χ3n) is 5.54. The van der Waals surface area contributed by atoms with Crippen molar-refractivity contribution in [3.63, 3.8) is 0 Å². The van der Waals surface area contributed by atoms with Crippen molar-refractivity contribution < 1.29 is 23.1 Å². The number of nitrogens with one attached hydrogen (secondary N) is 1. The maximum Gasteiger partial charge on any atom is 0.290 e. The molecular formula is C19H30N4O6S. The van der Waals surface area contributed by atoms with Gasteiger partial charge < -0.3 is 15.0 Å². The van der Waals surface area contributed by atoms with Gasteiger partial charge in [0, 0.05) is 57.8 Å². The summed E-state index contributed by atoms with van der Waals surface area (Å²) in [6, 6.07) is 4.90. The highest BCUT2D eigenvalue weighted by Crippen LogP contribution is 2.41. The molecule has 10 nitrogen and oxygen atoms in total. The van der Waals surface area contributed by atoms with Crippen molar-refractivity contribution in [2.45, 2.75) is 38.1 Å². The van der Waals surface area contributed by atoms with Gasteiger partial charge in [-0.3, -0.25) is 14.4 Å². The Bertz CT molecular complexity index is 914. The first-order valence-corrected chi connectivity index (χ1v) is 11.3. The van der Waals surface area contributed by atoms with Crippen LogP contribution in [0.5, 0.6) is 0 Å². The summed E-state index contributed by atoms with van der Waals surface area (Å²) in [7, 11) is -0.469. The molecule has 1 amide bonds. The number of carboxylic acid groups (broad SMARTS) is 1. The molecule has 0 radical (unpaired) electrons. The van der Waals surface area contributed by atoms with Gasteiger partial charge >= 0.3 is 0 Å². The summed E-state index contributed by atoms with van der Waals surface area (Å²) >= 11 is 0. The zero-order chi connectivity index (χ0) is 22.5. The zero-order valence-corrected chi connectivity index (χ0v) is 18.3. The minimum atomic E-state index is -3.53. The number of aromatic nitrogens is 1. The van der Waals surface area contributed by atoms with E-state index in [0.717, 1.165) is 18.5 Å². The largest absolute Gasteiger partial charge is 0.483 e. The first kappa shape index (κ1) is 24.0. The summed E-state index contributed by atoms with van der Waals surface area (Å²) in [4.78, 5) is 32.9. The SMILES string of the molecule is CCCC(=O)NC[C@H]1[C@H]2C[C@H](CN(S(=O)(=O)N(C)C)C2)c2cccc(=O)n21.O=CO. The average Bonchev–Trinajstić information content (AvgIpc) is 2.69. The molecule has 2 N–H and O–H groups in total. The van der Waals surface area contributed by atoms with E-state index in [1.807, 2.05) is 13.0 Å². The van der Waals surface area contributed by atoms with Gasteiger partial charge in [0.1, 0.15) is 0 Å². The second-order valence-electron chi connectivity index (χ2n) is 7.69. The summed E-state index contributed by atoms with van der Waals surface area (Å²) in [5, 5.41) is 9.81.